The monoisotopic (exact) mass is 171 g/mol. The molecule has 12 heavy (non-hydrogen) atoms. The maximum Gasteiger partial charge on any atom is 0.293 e. The largest absolute Gasteiger partial charge is 0.465 e. The second-order valence-electron chi connectivity index (χ2n) is 2.89. The number of ether oxygens (including phenoxy) is 2. The van der Waals surface area contributed by atoms with Crippen LogP contribution in [0.3, 0.4) is 0 Å². The molecule has 0 unspecified atom stereocenters. The minimum atomic E-state index is -0.133. The molecule has 1 amide bonds. The van der Waals surface area contributed by atoms with Gasteiger partial charge in [0.1, 0.15) is 18.9 Å². The summed E-state index contributed by atoms with van der Waals surface area (Å²) in [6, 6.07) is 0. The summed E-state index contributed by atoms with van der Waals surface area (Å²) in [4.78, 5) is 22.4. The molecular weight excluding hydrogens is 162 g/mol. The van der Waals surface area contributed by atoms with E-state index in [9.17, 15) is 9.59 Å². The van der Waals surface area contributed by atoms with E-state index in [2.05, 4.69) is 4.74 Å². The van der Waals surface area contributed by atoms with Crippen molar-refractivity contribution in [3.63, 3.8) is 0 Å². The zero-order valence-corrected chi connectivity index (χ0v) is 6.43. The predicted octanol–water partition coefficient (Wildman–Crippen LogP) is -0.883. The average Bonchev–Trinajstić information content (AvgIpc) is 2.39. The molecule has 2 atom stereocenters. The van der Waals surface area contributed by atoms with E-state index in [4.69, 9.17) is 4.74 Å². The number of fused-ring (bicyclic) bond motifs is 1. The van der Waals surface area contributed by atoms with Crippen LogP contribution in [0.2, 0.25) is 0 Å². The molecule has 0 N–H and O–H groups in total. The summed E-state index contributed by atoms with van der Waals surface area (Å²) < 4.78 is 9.89. The maximum atomic E-state index is 10.9. The van der Waals surface area contributed by atoms with E-state index < -0.39 is 0 Å². The lowest BCUT2D eigenvalue weighted by Gasteiger charge is -2.31. The van der Waals surface area contributed by atoms with Gasteiger partial charge in [-0.15, -0.1) is 0 Å². The lowest BCUT2D eigenvalue weighted by atomic mass is 10.2. The van der Waals surface area contributed by atoms with E-state index in [0.717, 1.165) is 0 Å². The molecule has 2 rings (SSSR count). The quantitative estimate of drug-likeness (QED) is 0.408. The van der Waals surface area contributed by atoms with E-state index in [1.165, 1.54) is 0 Å². The molecule has 5 heteroatoms. The van der Waals surface area contributed by atoms with E-state index >= 15 is 0 Å². The van der Waals surface area contributed by atoms with Crippen molar-refractivity contribution < 1.29 is 19.1 Å². The van der Waals surface area contributed by atoms with Crippen LogP contribution in [0.1, 0.15) is 6.42 Å². The summed E-state index contributed by atoms with van der Waals surface area (Å²) in [6.07, 6.45) is 0.279. The smallest absolute Gasteiger partial charge is 0.293 e. The van der Waals surface area contributed by atoms with Gasteiger partial charge in [0.2, 0.25) is 5.91 Å². The molecule has 2 aliphatic heterocycles. The van der Waals surface area contributed by atoms with Crippen molar-refractivity contribution in [2.24, 2.45) is 0 Å². The van der Waals surface area contributed by atoms with Crippen LogP contribution in [-0.2, 0) is 19.1 Å². The minimum absolute atomic E-state index is 0.0576. The second-order valence-corrected chi connectivity index (χ2v) is 2.89. The fraction of sp³-hybridized carbons (Fsp3) is 0.714. The van der Waals surface area contributed by atoms with Crippen molar-refractivity contribution in [2.75, 3.05) is 13.2 Å². The van der Waals surface area contributed by atoms with E-state index in [1.54, 1.807) is 4.90 Å². The molecule has 0 aromatic heterocycles. The van der Waals surface area contributed by atoms with Gasteiger partial charge < -0.3 is 14.4 Å². The van der Waals surface area contributed by atoms with Crippen molar-refractivity contribution in [2.45, 2.75) is 18.8 Å². The van der Waals surface area contributed by atoms with Crippen LogP contribution in [0.15, 0.2) is 0 Å². The lowest BCUT2D eigenvalue weighted by Crippen LogP contribution is -2.48. The number of hydrogen-bond donors (Lipinski definition) is 0. The Kier molecular flexibility index (Phi) is 1.73. The first kappa shape index (κ1) is 7.54. The Bertz CT molecular complexity index is 217. The van der Waals surface area contributed by atoms with Crippen molar-refractivity contribution in [1.82, 2.24) is 4.90 Å². The zero-order valence-electron chi connectivity index (χ0n) is 6.43. The minimum Gasteiger partial charge on any atom is -0.465 e. The van der Waals surface area contributed by atoms with Crippen LogP contribution in [-0.4, -0.2) is 42.8 Å². The standard InChI is InChI=1S/C7H9NO4/c9-4-11-3-5-2-8-6(10)1-7(8)12-5/h4-5,7H,1-3H2/t5-,7+/m1/s1. The normalized spacial score (nSPS) is 32.7. The van der Waals surface area contributed by atoms with Crippen molar-refractivity contribution >= 4 is 12.4 Å². The molecule has 0 aliphatic carbocycles. The highest BCUT2D eigenvalue weighted by molar-refractivity contribution is 5.82. The topological polar surface area (TPSA) is 55.8 Å². The summed E-state index contributed by atoms with van der Waals surface area (Å²) in [5.74, 6) is 0.119. The summed E-state index contributed by atoms with van der Waals surface area (Å²) in [5, 5.41) is 0. The predicted molar refractivity (Wildman–Crippen MR) is 37.0 cm³/mol. The molecule has 0 saturated carbocycles. The first-order valence-electron chi connectivity index (χ1n) is 3.81. The maximum absolute atomic E-state index is 10.9. The van der Waals surface area contributed by atoms with Crippen molar-refractivity contribution in [3.8, 4) is 0 Å². The first-order chi connectivity index (χ1) is 5.81. The number of nitrogens with zero attached hydrogens (tertiary/aromatic N) is 1. The Morgan fingerprint density at radius 2 is 2.58 bits per heavy atom. The molecule has 0 radical (unpaired) electrons. The van der Waals surface area contributed by atoms with Gasteiger partial charge in [0, 0.05) is 0 Å². The Balaban J connectivity index is 1.82. The first-order valence-corrected chi connectivity index (χ1v) is 3.81. The van der Waals surface area contributed by atoms with Crippen LogP contribution < -0.4 is 0 Å². The highest BCUT2D eigenvalue weighted by Gasteiger charge is 2.45. The Hall–Kier alpha value is -1.10. The van der Waals surface area contributed by atoms with Gasteiger partial charge in [-0.05, 0) is 0 Å². The van der Waals surface area contributed by atoms with Gasteiger partial charge in [-0.25, -0.2) is 0 Å². The molecule has 0 aromatic rings. The molecule has 0 spiro atoms. The Labute approximate surface area is 69.2 Å². The lowest BCUT2D eigenvalue weighted by molar-refractivity contribution is -0.157. The van der Waals surface area contributed by atoms with E-state index in [0.29, 0.717) is 19.4 Å². The number of β-lactam (4-membered cyclic amide) rings is 1. The fourth-order valence-electron chi connectivity index (χ4n) is 1.49. The molecule has 2 heterocycles. The van der Waals surface area contributed by atoms with Crippen LogP contribution in [0, 0.1) is 0 Å². The molecule has 2 fully saturated rings. The molecule has 2 aliphatic rings. The zero-order chi connectivity index (χ0) is 8.55. The van der Waals surface area contributed by atoms with Crippen molar-refractivity contribution in [1.29, 1.82) is 0 Å². The number of carbonyl (C=O) groups excluding carboxylic acids is 2. The second kappa shape index (κ2) is 2.75. The van der Waals surface area contributed by atoms with Gasteiger partial charge in [-0.1, -0.05) is 0 Å². The summed E-state index contributed by atoms with van der Waals surface area (Å²) in [6.45, 7) is 1.18. The van der Waals surface area contributed by atoms with Gasteiger partial charge in [0.05, 0.1) is 13.0 Å². The van der Waals surface area contributed by atoms with Gasteiger partial charge >= 0.3 is 0 Å². The molecular formula is C7H9NO4. The Morgan fingerprint density at radius 3 is 3.17 bits per heavy atom. The molecule has 66 valence electrons. The third kappa shape index (κ3) is 1.06. The third-order valence-corrected chi connectivity index (χ3v) is 2.12. The number of hydrogen-bond acceptors (Lipinski definition) is 4. The summed E-state index contributed by atoms with van der Waals surface area (Å²) in [5.41, 5.74) is 0. The SMILES string of the molecule is O=COC[C@H]1CN2C(=O)C[C@@H]2O1. The molecule has 0 bridgehead atoms. The van der Waals surface area contributed by atoms with Gasteiger partial charge in [-0.3, -0.25) is 9.59 Å². The van der Waals surface area contributed by atoms with Crippen LogP contribution in [0.5, 0.6) is 0 Å². The van der Waals surface area contributed by atoms with E-state index in [1.807, 2.05) is 0 Å². The van der Waals surface area contributed by atoms with Crippen molar-refractivity contribution in [3.05, 3.63) is 0 Å². The van der Waals surface area contributed by atoms with Gasteiger partial charge in [0.25, 0.3) is 6.47 Å². The fourth-order valence-corrected chi connectivity index (χ4v) is 1.49. The van der Waals surface area contributed by atoms with E-state index in [-0.39, 0.29) is 24.8 Å². The summed E-state index contributed by atoms with van der Waals surface area (Å²) in [7, 11) is 0. The van der Waals surface area contributed by atoms with Crippen LogP contribution >= 0.6 is 0 Å². The average molecular weight is 171 g/mol. The molecule has 2 saturated heterocycles. The van der Waals surface area contributed by atoms with Gasteiger partial charge in [0.15, 0.2) is 0 Å². The van der Waals surface area contributed by atoms with Crippen LogP contribution in [0.4, 0.5) is 0 Å². The van der Waals surface area contributed by atoms with Crippen LogP contribution in [0.25, 0.3) is 0 Å². The number of carbonyl (C=O) groups is 2. The highest BCUT2D eigenvalue weighted by Crippen LogP contribution is 2.28. The number of rotatable bonds is 3. The number of amides is 1. The highest BCUT2D eigenvalue weighted by atomic mass is 16.6. The van der Waals surface area contributed by atoms with Gasteiger partial charge in [-0.2, -0.15) is 0 Å². The molecule has 0 aromatic carbocycles. The summed E-state index contributed by atoms with van der Waals surface area (Å²) >= 11 is 0. The molecule has 5 nitrogen and oxygen atoms in total. The third-order valence-electron chi connectivity index (χ3n) is 2.12. The Morgan fingerprint density at radius 1 is 1.75 bits per heavy atom.